The summed E-state index contributed by atoms with van der Waals surface area (Å²) >= 11 is 1.59. The Hall–Kier alpha value is -1.53. The zero-order valence-corrected chi connectivity index (χ0v) is 11.3. The molecule has 0 saturated carbocycles. The van der Waals surface area contributed by atoms with Crippen LogP contribution in [-0.4, -0.2) is 22.1 Å². The van der Waals surface area contributed by atoms with E-state index in [0.29, 0.717) is 12.4 Å². The van der Waals surface area contributed by atoms with Crippen molar-refractivity contribution in [2.75, 3.05) is 7.11 Å². The number of aromatic nitrogens is 3. The van der Waals surface area contributed by atoms with Crippen molar-refractivity contribution in [1.29, 1.82) is 0 Å². The van der Waals surface area contributed by atoms with Crippen molar-refractivity contribution in [3.63, 3.8) is 0 Å². The second-order valence-electron chi connectivity index (χ2n) is 3.79. The van der Waals surface area contributed by atoms with E-state index >= 15 is 0 Å². The molecule has 0 aliphatic carbocycles. The molecule has 0 spiro atoms. The molecular formula is C12H16N4OS. The normalized spacial score (nSPS) is 10.6. The van der Waals surface area contributed by atoms with Gasteiger partial charge in [0.25, 0.3) is 0 Å². The van der Waals surface area contributed by atoms with E-state index in [9.17, 15) is 0 Å². The molecular weight excluding hydrogens is 248 g/mol. The summed E-state index contributed by atoms with van der Waals surface area (Å²) in [5.74, 6) is 0.543. The van der Waals surface area contributed by atoms with Crippen molar-refractivity contribution < 1.29 is 4.74 Å². The first-order valence-electron chi connectivity index (χ1n) is 5.83. The highest BCUT2D eigenvalue weighted by atomic mass is 32.1. The van der Waals surface area contributed by atoms with Crippen molar-refractivity contribution in [3.8, 4) is 16.6 Å². The molecule has 0 aliphatic heterocycles. The summed E-state index contributed by atoms with van der Waals surface area (Å²) in [5.41, 5.74) is 7.60. The zero-order valence-electron chi connectivity index (χ0n) is 10.5. The fourth-order valence-corrected chi connectivity index (χ4v) is 2.61. The molecule has 18 heavy (non-hydrogen) atoms. The van der Waals surface area contributed by atoms with Gasteiger partial charge in [0.05, 0.1) is 12.8 Å². The minimum atomic E-state index is 0.523. The lowest BCUT2D eigenvalue weighted by molar-refractivity contribution is 0.397. The van der Waals surface area contributed by atoms with Gasteiger partial charge in [-0.2, -0.15) is 0 Å². The van der Waals surface area contributed by atoms with E-state index in [0.717, 1.165) is 34.1 Å². The molecule has 6 heteroatoms. The molecule has 2 rings (SSSR count). The molecule has 96 valence electrons. The molecule has 0 radical (unpaired) electrons. The fourth-order valence-electron chi connectivity index (χ4n) is 1.65. The van der Waals surface area contributed by atoms with Gasteiger partial charge < -0.3 is 10.5 Å². The third-order valence-corrected chi connectivity index (χ3v) is 3.66. The number of rotatable bonds is 5. The number of nitrogens with two attached hydrogens (primary N) is 1. The average molecular weight is 264 g/mol. The van der Waals surface area contributed by atoms with Crippen LogP contribution in [0.5, 0.6) is 5.88 Å². The van der Waals surface area contributed by atoms with Gasteiger partial charge in [-0.1, -0.05) is 13.3 Å². The van der Waals surface area contributed by atoms with Crippen LogP contribution in [0.2, 0.25) is 0 Å². The lowest BCUT2D eigenvalue weighted by atomic mass is 10.2. The summed E-state index contributed by atoms with van der Waals surface area (Å²) in [4.78, 5) is 13.9. The Balaban J connectivity index is 2.37. The topological polar surface area (TPSA) is 73.9 Å². The largest absolute Gasteiger partial charge is 0.481 e. The molecule has 5 nitrogen and oxygen atoms in total. The summed E-state index contributed by atoms with van der Waals surface area (Å²) in [5, 5.41) is 0.875. The maximum atomic E-state index is 5.74. The number of methoxy groups -OCH3 is 1. The standard InChI is InChI=1S/C12H16N4OS/c1-3-4-8-10(6-13)18-12(16-8)9-5-11(17-2)15-7-14-9/h5,7H,3-4,6,13H2,1-2H3. The van der Waals surface area contributed by atoms with E-state index in [4.69, 9.17) is 10.5 Å². The lowest BCUT2D eigenvalue weighted by Gasteiger charge is -1.99. The predicted molar refractivity (Wildman–Crippen MR) is 71.6 cm³/mol. The first kappa shape index (κ1) is 12.9. The smallest absolute Gasteiger partial charge is 0.216 e. The van der Waals surface area contributed by atoms with Gasteiger partial charge in [-0.3, -0.25) is 0 Å². The van der Waals surface area contributed by atoms with Crippen molar-refractivity contribution in [2.24, 2.45) is 5.73 Å². The minimum absolute atomic E-state index is 0.523. The number of hydrogen-bond acceptors (Lipinski definition) is 6. The van der Waals surface area contributed by atoms with Gasteiger partial charge >= 0.3 is 0 Å². The molecule has 0 aromatic carbocycles. The number of aryl methyl sites for hydroxylation is 1. The molecule has 2 heterocycles. The van der Waals surface area contributed by atoms with E-state index in [1.165, 1.54) is 6.33 Å². The lowest BCUT2D eigenvalue weighted by Crippen LogP contribution is -1.97. The number of nitrogens with zero attached hydrogens (tertiary/aromatic N) is 3. The number of ether oxygens (including phenoxy) is 1. The van der Waals surface area contributed by atoms with Gasteiger partial charge in [-0.15, -0.1) is 11.3 Å². The van der Waals surface area contributed by atoms with Crippen LogP contribution in [0.1, 0.15) is 23.9 Å². The first-order valence-corrected chi connectivity index (χ1v) is 6.65. The van der Waals surface area contributed by atoms with Crippen LogP contribution in [0.25, 0.3) is 10.7 Å². The second kappa shape index (κ2) is 5.88. The molecule has 0 fully saturated rings. The molecule has 2 aromatic rings. The van der Waals surface area contributed by atoms with Gasteiger partial charge in [0.15, 0.2) is 0 Å². The maximum absolute atomic E-state index is 5.74. The van der Waals surface area contributed by atoms with Crippen molar-refractivity contribution in [3.05, 3.63) is 23.0 Å². The maximum Gasteiger partial charge on any atom is 0.216 e. The van der Waals surface area contributed by atoms with Crippen LogP contribution in [-0.2, 0) is 13.0 Å². The van der Waals surface area contributed by atoms with Gasteiger partial charge in [-0.25, -0.2) is 15.0 Å². The molecule has 0 amide bonds. The average Bonchev–Trinajstić information content (AvgIpc) is 2.82. The monoisotopic (exact) mass is 264 g/mol. The summed E-state index contributed by atoms with van der Waals surface area (Å²) in [6.45, 7) is 2.66. The molecule has 2 aromatic heterocycles. The summed E-state index contributed by atoms with van der Waals surface area (Å²) in [6.07, 6.45) is 3.49. The Morgan fingerprint density at radius 1 is 1.39 bits per heavy atom. The molecule has 0 unspecified atom stereocenters. The highest BCUT2D eigenvalue weighted by molar-refractivity contribution is 7.15. The molecule has 0 saturated heterocycles. The van der Waals surface area contributed by atoms with Gasteiger partial charge in [0, 0.05) is 17.5 Å². The van der Waals surface area contributed by atoms with E-state index < -0.39 is 0 Å². The summed E-state index contributed by atoms with van der Waals surface area (Å²) in [7, 11) is 1.59. The third kappa shape index (κ3) is 2.65. The van der Waals surface area contributed by atoms with Crippen LogP contribution in [0.15, 0.2) is 12.4 Å². The van der Waals surface area contributed by atoms with Gasteiger partial charge in [0.2, 0.25) is 5.88 Å². The Labute approximate surface area is 110 Å². The Kier molecular flexibility index (Phi) is 4.22. The number of hydrogen-bond donors (Lipinski definition) is 1. The van der Waals surface area contributed by atoms with E-state index in [2.05, 4.69) is 21.9 Å². The van der Waals surface area contributed by atoms with E-state index in [-0.39, 0.29) is 0 Å². The van der Waals surface area contributed by atoms with Crippen molar-refractivity contribution in [1.82, 2.24) is 15.0 Å². The SMILES string of the molecule is CCCc1nc(-c2cc(OC)ncn2)sc1CN. The second-order valence-corrected chi connectivity index (χ2v) is 4.87. The van der Waals surface area contributed by atoms with Gasteiger partial charge in [0.1, 0.15) is 17.0 Å². The fraction of sp³-hybridized carbons (Fsp3) is 0.417. The molecule has 0 aliphatic rings. The van der Waals surface area contributed by atoms with Crippen LogP contribution < -0.4 is 10.5 Å². The van der Waals surface area contributed by atoms with Crippen LogP contribution in [0.4, 0.5) is 0 Å². The molecule has 0 bridgehead atoms. The summed E-state index contributed by atoms with van der Waals surface area (Å²) < 4.78 is 5.09. The highest BCUT2D eigenvalue weighted by Crippen LogP contribution is 2.28. The van der Waals surface area contributed by atoms with Crippen LogP contribution >= 0.6 is 11.3 Å². The Bertz CT molecular complexity index is 527. The van der Waals surface area contributed by atoms with Crippen molar-refractivity contribution in [2.45, 2.75) is 26.3 Å². The van der Waals surface area contributed by atoms with Gasteiger partial charge in [-0.05, 0) is 6.42 Å². The Morgan fingerprint density at radius 3 is 2.89 bits per heavy atom. The molecule has 0 atom stereocenters. The quantitative estimate of drug-likeness (QED) is 0.894. The predicted octanol–water partition coefficient (Wildman–Crippen LogP) is 2.02. The van der Waals surface area contributed by atoms with Crippen molar-refractivity contribution >= 4 is 11.3 Å². The first-order chi connectivity index (χ1) is 8.78. The molecule has 2 N–H and O–H groups in total. The summed E-state index contributed by atoms with van der Waals surface area (Å²) in [6, 6.07) is 1.79. The van der Waals surface area contributed by atoms with E-state index in [1.807, 2.05) is 0 Å². The third-order valence-electron chi connectivity index (χ3n) is 2.52. The number of thiazole rings is 1. The highest BCUT2D eigenvalue weighted by Gasteiger charge is 2.12. The van der Waals surface area contributed by atoms with E-state index in [1.54, 1.807) is 24.5 Å². The van der Waals surface area contributed by atoms with Crippen LogP contribution in [0.3, 0.4) is 0 Å². The minimum Gasteiger partial charge on any atom is -0.481 e. The van der Waals surface area contributed by atoms with Crippen LogP contribution in [0, 0.1) is 0 Å². The Morgan fingerprint density at radius 2 is 2.22 bits per heavy atom. The zero-order chi connectivity index (χ0) is 13.0.